The summed E-state index contributed by atoms with van der Waals surface area (Å²) in [6.45, 7) is 7.32. The predicted octanol–water partition coefficient (Wildman–Crippen LogP) is 4.91. The van der Waals surface area contributed by atoms with Crippen molar-refractivity contribution in [2.45, 2.75) is 90.3 Å². The van der Waals surface area contributed by atoms with E-state index in [-0.39, 0.29) is 47.3 Å². The molecular formula is C28H40O4. The van der Waals surface area contributed by atoms with Gasteiger partial charge < -0.3 is 14.9 Å². The Labute approximate surface area is 192 Å². The van der Waals surface area contributed by atoms with Crippen LogP contribution in [0.1, 0.15) is 77.7 Å². The molecule has 7 atom stereocenters. The minimum Gasteiger partial charge on any atom is -0.462 e. The third-order valence-electron chi connectivity index (χ3n) is 10.4. The van der Waals surface area contributed by atoms with Gasteiger partial charge in [0.05, 0.1) is 12.5 Å². The summed E-state index contributed by atoms with van der Waals surface area (Å²) in [6.07, 6.45) is 7.90. The van der Waals surface area contributed by atoms with Gasteiger partial charge in [0.2, 0.25) is 0 Å². The van der Waals surface area contributed by atoms with E-state index in [1.54, 1.807) is 0 Å². The Morgan fingerprint density at radius 3 is 2.59 bits per heavy atom. The maximum Gasteiger partial charge on any atom is 0.310 e. The van der Waals surface area contributed by atoms with Gasteiger partial charge in [0.15, 0.2) is 0 Å². The van der Waals surface area contributed by atoms with Crippen molar-refractivity contribution in [2.24, 2.45) is 34.0 Å². The Balaban J connectivity index is 1.34. The molecule has 4 nitrogen and oxygen atoms in total. The minimum absolute atomic E-state index is 0.0517. The zero-order valence-electron chi connectivity index (χ0n) is 20.0. The van der Waals surface area contributed by atoms with E-state index in [2.05, 4.69) is 20.8 Å². The van der Waals surface area contributed by atoms with E-state index in [1.807, 2.05) is 30.3 Å². The number of hydrogen-bond acceptors (Lipinski definition) is 4. The molecule has 4 aliphatic carbocycles. The van der Waals surface area contributed by atoms with Crippen molar-refractivity contribution < 1.29 is 19.7 Å². The summed E-state index contributed by atoms with van der Waals surface area (Å²) in [4.78, 5) is 12.5. The summed E-state index contributed by atoms with van der Waals surface area (Å²) in [5.74, 6) is 0.789. The molecule has 4 heteroatoms. The normalized spacial score (nSPS) is 44.4. The Bertz CT molecular complexity index is 865. The van der Waals surface area contributed by atoms with E-state index in [0.717, 1.165) is 31.2 Å². The third kappa shape index (κ3) is 3.36. The maximum absolute atomic E-state index is 12.5. The summed E-state index contributed by atoms with van der Waals surface area (Å²) in [5, 5.41) is 23.3. The van der Waals surface area contributed by atoms with Crippen LogP contribution in [0.4, 0.5) is 0 Å². The lowest BCUT2D eigenvalue weighted by molar-refractivity contribution is -0.198. The first-order valence-electron chi connectivity index (χ1n) is 12.7. The quantitative estimate of drug-likeness (QED) is 0.653. The average molecular weight is 441 g/mol. The molecule has 4 fully saturated rings. The topological polar surface area (TPSA) is 66.8 Å². The highest BCUT2D eigenvalue weighted by atomic mass is 16.5. The number of aliphatic hydroxyl groups is 2. The first-order valence-corrected chi connectivity index (χ1v) is 12.7. The van der Waals surface area contributed by atoms with E-state index in [1.165, 1.54) is 19.3 Å². The fourth-order valence-electron chi connectivity index (χ4n) is 9.02. The number of benzene rings is 1. The zero-order chi connectivity index (χ0) is 22.8. The molecule has 2 bridgehead atoms. The first kappa shape index (κ1) is 22.4. The number of fused-ring (bicyclic) bond motifs is 3. The summed E-state index contributed by atoms with van der Waals surface area (Å²) >= 11 is 0. The molecule has 176 valence electrons. The second kappa shape index (κ2) is 7.56. The molecular weight excluding hydrogens is 400 g/mol. The van der Waals surface area contributed by atoms with Crippen molar-refractivity contribution in [3.8, 4) is 0 Å². The van der Waals surface area contributed by atoms with Crippen LogP contribution in [0.25, 0.3) is 0 Å². The van der Waals surface area contributed by atoms with Crippen LogP contribution in [0, 0.1) is 34.0 Å². The molecule has 0 aromatic heterocycles. The Kier molecular flexibility index (Phi) is 5.30. The van der Waals surface area contributed by atoms with E-state index < -0.39 is 5.60 Å². The second-order valence-corrected chi connectivity index (χ2v) is 12.5. The van der Waals surface area contributed by atoms with Crippen LogP contribution in [0.3, 0.4) is 0 Å². The van der Waals surface area contributed by atoms with Crippen molar-refractivity contribution in [3.05, 3.63) is 35.9 Å². The van der Waals surface area contributed by atoms with Crippen LogP contribution in [-0.2, 0) is 16.0 Å². The van der Waals surface area contributed by atoms with Gasteiger partial charge in [-0.05, 0) is 79.1 Å². The number of aliphatic hydroxyl groups excluding tert-OH is 1. The number of carbonyl (C=O) groups is 1. The van der Waals surface area contributed by atoms with Crippen molar-refractivity contribution in [2.75, 3.05) is 6.61 Å². The lowest BCUT2D eigenvalue weighted by Crippen LogP contribution is -2.61. The highest BCUT2D eigenvalue weighted by molar-refractivity contribution is 5.72. The molecule has 0 unspecified atom stereocenters. The van der Waals surface area contributed by atoms with Gasteiger partial charge in [0, 0.05) is 5.41 Å². The third-order valence-corrected chi connectivity index (χ3v) is 10.4. The largest absolute Gasteiger partial charge is 0.462 e. The number of carbonyl (C=O) groups excluding carboxylic acids is 1. The Hall–Kier alpha value is -1.39. The van der Waals surface area contributed by atoms with Crippen molar-refractivity contribution in [3.63, 3.8) is 0 Å². The summed E-state index contributed by atoms with van der Waals surface area (Å²) in [7, 11) is 0. The van der Waals surface area contributed by atoms with Crippen molar-refractivity contribution in [1.82, 2.24) is 0 Å². The maximum atomic E-state index is 12.5. The van der Waals surface area contributed by atoms with Crippen LogP contribution in [0.5, 0.6) is 0 Å². The van der Waals surface area contributed by atoms with Gasteiger partial charge in [-0.25, -0.2) is 0 Å². The smallest absolute Gasteiger partial charge is 0.310 e. The predicted molar refractivity (Wildman–Crippen MR) is 124 cm³/mol. The SMILES string of the molecule is CC1(C)CCC[C@]2(C)[C@@H]1C[C@H](O)[C@@]13C[C@@H](CC[C@@H]21)[C@@](O)(COC(=O)Cc1ccccc1)C3. The summed E-state index contributed by atoms with van der Waals surface area (Å²) < 4.78 is 5.65. The molecule has 0 amide bonds. The van der Waals surface area contributed by atoms with Gasteiger partial charge in [-0.3, -0.25) is 4.79 Å². The lowest BCUT2D eigenvalue weighted by Gasteiger charge is -2.65. The van der Waals surface area contributed by atoms with Crippen LogP contribution in [0.15, 0.2) is 30.3 Å². The number of rotatable bonds is 4. The van der Waals surface area contributed by atoms with Crippen LogP contribution in [-0.4, -0.2) is 34.5 Å². The Morgan fingerprint density at radius 2 is 1.84 bits per heavy atom. The molecule has 1 spiro atoms. The number of esters is 1. The van der Waals surface area contributed by atoms with Gasteiger partial charge in [0.1, 0.15) is 12.2 Å². The van der Waals surface area contributed by atoms with Crippen LogP contribution >= 0.6 is 0 Å². The molecule has 4 saturated carbocycles. The molecule has 0 saturated heterocycles. The van der Waals surface area contributed by atoms with Gasteiger partial charge in [0.25, 0.3) is 0 Å². The molecule has 0 aliphatic heterocycles. The van der Waals surface area contributed by atoms with E-state index in [4.69, 9.17) is 4.74 Å². The molecule has 32 heavy (non-hydrogen) atoms. The first-order chi connectivity index (χ1) is 15.1. The second-order valence-electron chi connectivity index (χ2n) is 12.5. The molecule has 1 aromatic rings. The molecule has 0 radical (unpaired) electrons. The average Bonchev–Trinajstić information content (AvgIpc) is 2.96. The van der Waals surface area contributed by atoms with E-state index >= 15 is 0 Å². The van der Waals surface area contributed by atoms with Gasteiger partial charge in [-0.15, -0.1) is 0 Å². The highest BCUT2D eigenvalue weighted by Crippen LogP contribution is 2.72. The summed E-state index contributed by atoms with van der Waals surface area (Å²) in [6, 6.07) is 9.60. The molecule has 4 aliphatic rings. The minimum atomic E-state index is -1.02. The fourth-order valence-corrected chi connectivity index (χ4v) is 9.02. The number of ether oxygens (including phenoxy) is 1. The van der Waals surface area contributed by atoms with Crippen molar-refractivity contribution >= 4 is 5.97 Å². The molecule has 5 rings (SSSR count). The van der Waals surface area contributed by atoms with Gasteiger partial charge in [-0.2, -0.15) is 0 Å². The molecule has 0 heterocycles. The van der Waals surface area contributed by atoms with E-state index in [0.29, 0.717) is 18.3 Å². The van der Waals surface area contributed by atoms with Crippen LogP contribution < -0.4 is 0 Å². The zero-order valence-corrected chi connectivity index (χ0v) is 20.0. The van der Waals surface area contributed by atoms with Gasteiger partial charge in [-0.1, -0.05) is 57.5 Å². The lowest BCUT2D eigenvalue weighted by atomic mass is 9.40. The number of hydrogen-bond donors (Lipinski definition) is 2. The highest BCUT2D eigenvalue weighted by Gasteiger charge is 2.70. The van der Waals surface area contributed by atoms with Crippen molar-refractivity contribution in [1.29, 1.82) is 0 Å². The Morgan fingerprint density at radius 1 is 1.09 bits per heavy atom. The standard InChI is InChI=1S/C28H40O4/c1-25(2)12-7-13-26(3)21-11-10-20-16-27(21,23(29)15-22(25)26)17-28(20,31)18-32-24(30)14-19-8-5-4-6-9-19/h4-6,8-9,20-23,29,31H,7,10-18H2,1-3H3/t20-,21+,22-,23+,26+,27-,28+/m1/s1. The summed E-state index contributed by atoms with van der Waals surface area (Å²) in [5.41, 5.74) is 0.155. The van der Waals surface area contributed by atoms with Gasteiger partial charge >= 0.3 is 5.97 Å². The fraction of sp³-hybridized carbons (Fsp3) is 0.750. The van der Waals surface area contributed by atoms with Crippen LogP contribution in [0.2, 0.25) is 0 Å². The molecule has 2 N–H and O–H groups in total. The monoisotopic (exact) mass is 440 g/mol. The molecule has 1 aromatic carbocycles. The van der Waals surface area contributed by atoms with E-state index in [9.17, 15) is 15.0 Å².